The summed E-state index contributed by atoms with van der Waals surface area (Å²) in [5.41, 5.74) is 0.902. The Balaban J connectivity index is 2.01. The van der Waals surface area contributed by atoms with Gasteiger partial charge >= 0.3 is 0 Å². The Labute approximate surface area is 133 Å². The predicted molar refractivity (Wildman–Crippen MR) is 87.6 cm³/mol. The molecule has 0 unspecified atom stereocenters. The summed E-state index contributed by atoms with van der Waals surface area (Å²) in [5.74, 6) is 0.123. The third-order valence-corrected chi connectivity index (χ3v) is 3.07. The van der Waals surface area contributed by atoms with Crippen LogP contribution in [0.5, 0.6) is 5.75 Å². The number of anilines is 1. The van der Waals surface area contributed by atoms with E-state index in [1.807, 2.05) is 18.2 Å². The molecule has 2 aromatic rings. The first-order valence-corrected chi connectivity index (χ1v) is 6.96. The summed E-state index contributed by atoms with van der Waals surface area (Å²) >= 11 is 0. The number of carbonyl (C=O) groups is 1. The standard InChI is InChI=1S/C17H16N2O4/c1-2-7-13-8-3-6-11-16(13)23-12-17(20)18-14-9-4-5-10-15(14)19(21)22/h2-6,8-11H,1,7,12H2,(H,18,20). The minimum atomic E-state index is -0.546. The molecule has 0 aliphatic carbocycles. The van der Waals surface area contributed by atoms with Crippen LogP contribution in [0.4, 0.5) is 11.4 Å². The first-order valence-electron chi connectivity index (χ1n) is 6.96. The molecule has 0 fully saturated rings. The molecule has 118 valence electrons. The average molecular weight is 312 g/mol. The molecule has 1 amide bonds. The Morgan fingerprint density at radius 1 is 1.22 bits per heavy atom. The topological polar surface area (TPSA) is 81.5 Å². The molecule has 0 aliphatic heterocycles. The zero-order valence-electron chi connectivity index (χ0n) is 12.4. The molecule has 1 N–H and O–H groups in total. The molecular weight excluding hydrogens is 296 g/mol. The molecule has 23 heavy (non-hydrogen) atoms. The molecule has 0 aliphatic rings. The van der Waals surface area contributed by atoms with Crippen molar-refractivity contribution in [3.05, 3.63) is 76.9 Å². The number of nitrogens with zero attached hydrogens (tertiary/aromatic N) is 1. The minimum absolute atomic E-state index is 0.144. The Hall–Kier alpha value is -3.15. The molecule has 6 heteroatoms. The lowest BCUT2D eigenvalue weighted by molar-refractivity contribution is -0.383. The Morgan fingerprint density at radius 3 is 2.65 bits per heavy atom. The number of nitro groups is 1. The van der Waals surface area contributed by atoms with Crippen LogP contribution < -0.4 is 10.1 Å². The second-order valence-electron chi connectivity index (χ2n) is 4.71. The fourth-order valence-corrected chi connectivity index (χ4v) is 2.04. The third-order valence-electron chi connectivity index (χ3n) is 3.07. The largest absolute Gasteiger partial charge is 0.483 e. The van der Waals surface area contributed by atoms with Crippen LogP contribution in [0.3, 0.4) is 0 Å². The smallest absolute Gasteiger partial charge is 0.292 e. The number of hydrogen-bond acceptors (Lipinski definition) is 4. The zero-order valence-corrected chi connectivity index (χ0v) is 12.4. The summed E-state index contributed by atoms with van der Waals surface area (Å²) in [5, 5.41) is 13.4. The van der Waals surface area contributed by atoms with Gasteiger partial charge in [-0.2, -0.15) is 0 Å². The van der Waals surface area contributed by atoms with Gasteiger partial charge in [-0.1, -0.05) is 36.4 Å². The molecule has 0 atom stereocenters. The minimum Gasteiger partial charge on any atom is -0.483 e. The Bertz CT molecular complexity index is 728. The van der Waals surface area contributed by atoms with E-state index in [0.29, 0.717) is 12.2 Å². The van der Waals surface area contributed by atoms with E-state index in [-0.39, 0.29) is 18.0 Å². The number of allylic oxidation sites excluding steroid dienone is 1. The maximum atomic E-state index is 12.0. The number of ether oxygens (including phenoxy) is 1. The first kappa shape index (κ1) is 16.2. The summed E-state index contributed by atoms with van der Waals surface area (Å²) in [4.78, 5) is 22.3. The summed E-state index contributed by atoms with van der Waals surface area (Å²) in [6.07, 6.45) is 2.37. The summed E-state index contributed by atoms with van der Waals surface area (Å²) in [7, 11) is 0. The first-order chi connectivity index (χ1) is 11.1. The maximum absolute atomic E-state index is 12.0. The van der Waals surface area contributed by atoms with E-state index < -0.39 is 10.8 Å². The highest BCUT2D eigenvalue weighted by atomic mass is 16.6. The van der Waals surface area contributed by atoms with Gasteiger partial charge in [-0.25, -0.2) is 0 Å². The molecule has 0 saturated carbocycles. The zero-order chi connectivity index (χ0) is 16.7. The Kier molecular flexibility index (Phi) is 5.46. The van der Waals surface area contributed by atoms with Crippen molar-refractivity contribution in [2.24, 2.45) is 0 Å². The van der Waals surface area contributed by atoms with E-state index in [0.717, 1.165) is 5.56 Å². The second-order valence-corrected chi connectivity index (χ2v) is 4.71. The molecule has 2 rings (SSSR count). The number of amides is 1. The number of benzene rings is 2. The van der Waals surface area contributed by atoms with Crippen molar-refractivity contribution < 1.29 is 14.5 Å². The second kappa shape index (κ2) is 7.74. The number of nitro benzene ring substituents is 1. The highest BCUT2D eigenvalue weighted by Gasteiger charge is 2.15. The molecule has 6 nitrogen and oxygen atoms in total. The number of hydrogen-bond donors (Lipinski definition) is 1. The van der Waals surface area contributed by atoms with E-state index >= 15 is 0 Å². The highest BCUT2D eigenvalue weighted by Crippen LogP contribution is 2.23. The van der Waals surface area contributed by atoms with Crippen LogP contribution in [-0.4, -0.2) is 17.4 Å². The van der Waals surface area contributed by atoms with Crippen molar-refractivity contribution in [1.82, 2.24) is 0 Å². The van der Waals surface area contributed by atoms with Gasteiger partial charge < -0.3 is 10.1 Å². The van der Waals surface area contributed by atoms with Gasteiger partial charge in [0.05, 0.1) is 4.92 Å². The SMILES string of the molecule is C=CCc1ccccc1OCC(=O)Nc1ccccc1[N+](=O)[O-]. The molecule has 0 bridgehead atoms. The van der Waals surface area contributed by atoms with Crippen LogP contribution in [0.1, 0.15) is 5.56 Å². The summed E-state index contributed by atoms with van der Waals surface area (Å²) < 4.78 is 5.49. The maximum Gasteiger partial charge on any atom is 0.292 e. The summed E-state index contributed by atoms with van der Waals surface area (Å²) in [6.45, 7) is 3.44. The van der Waals surface area contributed by atoms with E-state index in [1.165, 1.54) is 18.2 Å². The van der Waals surface area contributed by atoms with E-state index in [9.17, 15) is 14.9 Å². The number of carbonyl (C=O) groups excluding carboxylic acids is 1. The van der Waals surface area contributed by atoms with E-state index in [2.05, 4.69) is 11.9 Å². The van der Waals surface area contributed by atoms with E-state index in [1.54, 1.807) is 18.2 Å². The van der Waals surface area contributed by atoms with Gasteiger partial charge in [-0.05, 0) is 24.1 Å². The average Bonchev–Trinajstić information content (AvgIpc) is 2.54. The number of nitrogens with one attached hydrogen (secondary N) is 1. The Morgan fingerprint density at radius 2 is 1.91 bits per heavy atom. The number of para-hydroxylation sites is 3. The quantitative estimate of drug-likeness (QED) is 0.483. The molecule has 0 saturated heterocycles. The molecular formula is C17H16N2O4. The lowest BCUT2D eigenvalue weighted by Gasteiger charge is -2.10. The van der Waals surface area contributed by atoms with Gasteiger partial charge in [0, 0.05) is 6.07 Å². The highest BCUT2D eigenvalue weighted by molar-refractivity contribution is 5.94. The lowest BCUT2D eigenvalue weighted by atomic mass is 10.1. The molecule has 2 aromatic carbocycles. The predicted octanol–water partition coefficient (Wildman–Crippen LogP) is 3.34. The van der Waals surface area contributed by atoms with Crippen molar-refractivity contribution in [2.75, 3.05) is 11.9 Å². The molecule has 0 spiro atoms. The number of rotatable bonds is 7. The van der Waals surface area contributed by atoms with Gasteiger partial charge in [0.2, 0.25) is 0 Å². The van der Waals surface area contributed by atoms with Crippen LogP contribution in [0, 0.1) is 10.1 Å². The van der Waals surface area contributed by atoms with Gasteiger partial charge in [0.1, 0.15) is 11.4 Å². The van der Waals surface area contributed by atoms with Crippen molar-refractivity contribution in [3.8, 4) is 5.75 Å². The fraction of sp³-hybridized carbons (Fsp3) is 0.118. The monoisotopic (exact) mass is 312 g/mol. The molecule has 0 radical (unpaired) electrons. The van der Waals surface area contributed by atoms with Crippen LogP contribution in [0.2, 0.25) is 0 Å². The van der Waals surface area contributed by atoms with Gasteiger partial charge in [0.15, 0.2) is 6.61 Å². The van der Waals surface area contributed by atoms with Crippen molar-refractivity contribution in [3.63, 3.8) is 0 Å². The lowest BCUT2D eigenvalue weighted by Crippen LogP contribution is -2.21. The van der Waals surface area contributed by atoms with Crippen molar-refractivity contribution in [2.45, 2.75) is 6.42 Å². The molecule has 0 aromatic heterocycles. The van der Waals surface area contributed by atoms with Gasteiger partial charge in [0.25, 0.3) is 11.6 Å². The van der Waals surface area contributed by atoms with Crippen molar-refractivity contribution in [1.29, 1.82) is 0 Å². The van der Waals surface area contributed by atoms with Gasteiger partial charge in [-0.15, -0.1) is 6.58 Å². The fourth-order valence-electron chi connectivity index (χ4n) is 2.04. The van der Waals surface area contributed by atoms with Crippen LogP contribution >= 0.6 is 0 Å². The van der Waals surface area contributed by atoms with Gasteiger partial charge in [-0.3, -0.25) is 14.9 Å². The van der Waals surface area contributed by atoms with Crippen LogP contribution in [0.15, 0.2) is 61.2 Å². The van der Waals surface area contributed by atoms with Crippen LogP contribution in [0.25, 0.3) is 0 Å². The normalized spacial score (nSPS) is 9.91. The van der Waals surface area contributed by atoms with Crippen LogP contribution in [-0.2, 0) is 11.2 Å². The molecule has 0 heterocycles. The van der Waals surface area contributed by atoms with Crippen molar-refractivity contribution >= 4 is 17.3 Å². The summed E-state index contributed by atoms with van der Waals surface area (Å²) in [6, 6.07) is 13.3. The third kappa shape index (κ3) is 4.41. The van der Waals surface area contributed by atoms with E-state index in [4.69, 9.17) is 4.74 Å².